The number of aliphatic hydroxyl groups is 1. The Morgan fingerprint density at radius 2 is 2.05 bits per heavy atom. The minimum atomic E-state index is -0.275. The molecular formula is C15H26N4O2. The Balaban J connectivity index is 1.88. The van der Waals surface area contributed by atoms with Gasteiger partial charge in [0.25, 0.3) is 0 Å². The number of anilines is 1. The molecule has 1 aliphatic carbocycles. The number of aromatic nitrogens is 2. The fourth-order valence-electron chi connectivity index (χ4n) is 2.72. The topological polar surface area (TPSA) is 70.5 Å². The summed E-state index contributed by atoms with van der Waals surface area (Å²) in [5, 5.41) is 13.4. The fraction of sp³-hybridized carbons (Fsp3) is 0.733. The summed E-state index contributed by atoms with van der Waals surface area (Å²) in [6, 6.07) is 0.129. The summed E-state index contributed by atoms with van der Waals surface area (Å²) in [7, 11) is 3.65. The minimum Gasteiger partial charge on any atom is -0.391 e. The predicted molar refractivity (Wildman–Crippen MR) is 82.3 cm³/mol. The van der Waals surface area contributed by atoms with Crippen LogP contribution in [0.5, 0.6) is 0 Å². The van der Waals surface area contributed by atoms with E-state index in [-0.39, 0.29) is 12.1 Å². The molecule has 21 heavy (non-hydrogen) atoms. The van der Waals surface area contributed by atoms with Crippen molar-refractivity contribution in [3.05, 3.63) is 18.0 Å². The van der Waals surface area contributed by atoms with Crippen LogP contribution in [-0.4, -0.2) is 54.5 Å². The van der Waals surface area contributed by atoms with Crippen molar-refractivity contribution in [1.82, 2.24) is 15.3 Å². The van der Waals surface area contributed by atoms with Crippen LogP contribution >= 0.6 is 0 Å². The quantitative estimate of drug-likeness (QED) is 0.730. The Labute approximate surface area is 126 Å². The third-order valence-corrected chi connectivity index (χ3v) is 4.01. The molecule has 1 heterocycles. The maximum atomic E-state index is 10.1. The first kappa shape index (κ1) is 16.1. The smallest absolute Gasteiger partial charge is 0.225 e. The molecule has 0 bridgehead atoms. The number of aliphatic hydroxyl groups excluding tert-OH is 1. The second-order valence-corrected chi connectivity index (χ2v) is 5.59. The number of rotatable bonds is 7. The molecule has 0 aromatic carbocycles. The fourth-order valence-corrected chi connectivity index (χ4v) is 2.72. The highest BCUT2D eigenvalue weighted by atomic mass is 16.5. The Morgan fingerprint density at radius 3 is 2.71 bits per heavy atom. The summed E-state index contributed by atoms with van der Waals surface area (Å²) in [4.78, 5) is 10.8. The monoisotopic (exact) mass is 294 g/mol. The van der Waals surface area contributed by atoms with Gasteiger partial charge in [0.1, 0.15) is 0 Å². The second-order valence-electron chi connectivity index (χ2n) is 5.59. The first-order valence-corrected chi connectivity index (χ1v) is 7.64. The lowest BCUT2D eigenvalue weighted by Gasteiger charge is -2.35. The molecule has 1 aromatic rings. The Hall–Kier alpha value is -1.24. The zero-order valence-corrected chi connectivity index (χ0v) is 13.0. The standard InChI is InChI=1S/C15H26N4O2/c1-19(13-5-3-4-6-14(13)20)15-17-10-12(11-18-15)9-16-7-8-21-2/h10-11,13-14,16,20H,3-9H2,1-2H3. The van der Waals surface area contributed by atoms with Crippen molar-refractivity contribution in [2.24, 2.45) is 0 Å². The number of methoxy groups -OCH3 is 1. The van der Waals surface area contributed by atoms with Crippen LogP contribution in [0.3, 0.4) is 0 Å². The molecule has 0 spiro atoms. The largest absolute Gasteiger partial charge is 0.391 e. The normalized spacial score (nSPS) is 22.2. The maximum absolute atomic E-state index is 10.1. The molecule has 2 unspecified atom stereocenters. The summed E-state index contributed by atoms with van der Waals surface area (Å²) in [5.74, 6) is 0.682. The van der Waals surface area contributed by atoms with Gasteiger partial charge in [0.05, 0.1) is 18.8 Å². The highest BCUT2D eigenvalue weighted by molar-refractivity contribution is 5.31. The van der Waals surface area contributed by atoms with Crippen LogP contribution in [-0.2, 0) is 11.3 Å². The van der Waals surface area contributed by atoms with Crippen LogP contribution in [0.1, 0.15) is 31.2 Å². The zero-order chi connectivity index (χ0) is 15.1. The van der Waals surface area contributed by atoms with Crippen LogP contribution in [0, 0.1) is 0 Å². The molecule has 2 atom stereocenters. The van der Waals surface area contributed by atoms with Crippen LogP contribution in [0.15, 0.2) is 12.4 Å². The van der Waals surface area contributed by atoms with Gasteiger partial charge in [-0.1, -0.05) is 12.8 Å². The zero-order valence-electron chi connectivity index (χ0n) is 13.0. The lowest BCUT2D eigenvalue weighted by atomic mass is 9.92. The summed E-state index contributed by atoms with van der Waals surface area (Å²) in [6.07, 6.45) is 7.55. The first-order chi connectivity index (χ1) is 10.2. The van der Waals surface area contributed by atoms with Gasteiger partial charge in [-0.05, 0) is 12.8 Å². The van der Waals surface area contributed by atoms with E-state index in [2.05, 4.69) is 15.3 Å². The highest BCUT2D eigenvalue weighted by Crippen LogP contribution is 2.24. The molecule has 6 heteroatoms. The summed E-state index contributed by atoms with van der Waals surface area (Å²) < 4.78 is 4.98. The summed E-state index contributed by atoms with van der Waals surface area (Å²) in [5.41, 5.74) is 1.05. The molecule has 2 rings (SSSR count). The summed E-state index contributed by atoms with van der Waals surface area (Å²) in [6.45, 7) is 2.24. The minimum absolute atomic E-state index is 0.129. The van der Waals surface area contributed by atoms with Gasteiger partial charge in [0.2, 0.25) is 5.95 Å². The number of ether oxygens (including phenoxy) is 1. The van der Waals surface area contributed by atoms with E-state index in [1.165, 1.54) is 0 Å². The number of nitrogens with zero attached hydrogens (tertiary/aromatic N) is 3. The van der Waals surface area contributed by atoms with Gasteiger partial charge < -0.3 is 20.1 Å². The van der Waals surface area contributed by atoms with E-state index < -0.39 is 0 Å². The molecule has 118 valence electrons. The number of nitrogens with one attached hydrogen (secondary N) is 1. The van der Waals surface area contributed by atoms with E-state index in [1.54, 1.807) is 7.11 Å². The molecular weight excluding hydrogens is 268 g/mol. The van der Waals surface area contributed by atoms with E-state index >= 15 is 0 Å². The highest BCUT2D eigenvalue weighted by Gasteiger charge is 2.27. The van der Waals surface area contributed by atoms with Crippen molar-refractivity contribution in [2.75, 3.05) is 32.2 Å². The molecule has 0 radical (unpaired) electrons. The SMILES string of the molecule is COCCNCc1cnc(N(C)C2CCCCC2O)nc1. The van der Waals surface area contributed by atoms with E-state index in [0.29, 0.717) is 12.6 Å². The van der Waals surface area contributed by atoms with Crippen molar-refractivity contribution in [2.45, 2.75) is 44.4 Å². The molecule has 0 saturated heterocycles. The van der Waals surface area contributed by atoms with Gasteiger partial charge in [-0.15, -0.1) is 0 Å². The lowest BCUT2D eigenvalue weighted by Crippen LogP contribution is -2.44. The molecule has 0 aliphatic heterocycles. The summed E-state index contributed by atoms with van der Waals surface area (Å²) >= 11 is 0. The number of hydrogen-bond donors (Lipinski definition) is 2. The average Bonchev–Trinajstić information content (AvgIpc) is 2.52. The van der Waals surface area contributed by atoms with Crippen molar-refractivity contribution < 1.29 is 9.84 Å². The third-order valence-electron chi connectivity index (χ3n) is 4.01. The van der Waals surface area contributed by atoms with E-state index in [1.807, 2.05) is 24.3 Å². The van der Waals surface area contributed by atoms with Crippen LogP contribution in [0.2, 0.25) is 0 Å². The maximum Gasteiger partial charge on any atom is 0.225 e. The third kappa shape index (κ3) is 4.62. The first-order valence-electron chi connectivity index (χ1n) is 7.64. The van der Waals surface area contributed by atoms with Gasteiger partial charge >= 0.3 is 0 Å². The molecule has 6 nitrogen and oxygen atoms in total. The van der Waals surface area contributed by atoms with Gasteiger partial charge in [0, 0.05) is 45.2 Å². The van der Waals surface area contributed by atoms with Crippen molar-refractivity contribution in [3.63, 3.8) is 0 Å². The van der Waals surface area contributed by atoms with Crippen molar-refractivity contribution in [3.8, 4) is 0 Å². The van der Waals surface area contributed by atoms with Crippen LogP contribution in [0.4, 0.5) is 5.95 Å². The Kier molecular flexibility index (Phi) is 6.35. The molecule has 0 amide bonds. The molecule has 1 saturated carbocycles. The van der Waals surface area contributed by atoms with Gasteiger partial charge in [0.15, 0.2) is 0 Å². The van der Waals surface area contributed by atoms with Crippen molar-refractivity contribution in [1.29, 1.82) is 0 Å². The van der Waals surface area contributed by atoms with Gasteiger partial charge in [-0.2, -0.15) is 0 Å². The van der Waals surface area contributed by atoms with E-state index in [0.717, 1.165) is 44.3 Å². The van der Waals surface area contributed by atoms with E-state index in [9.17, 15) is 5.11 Å². The number of hydrogen-bond acceptors (Lipinski definition) is 6. The predicted octanol–water partition coefficient (Wildman–Crippen LogP) is 0.952. The second kappa shape index (κ2) is 8.26. The molecule has 1 fully saturated rings. The van der Waals surface area contributed by atoms with Crippen LogP contribution in [0.25, 0.3) is 0 Å². The van der Waals surface area contributed by atoms with Crippen molar-refractivity contribution >= 4 is 5.95 Å². The molecule has 2 N–H and O–H groups in total. The number of likely N-dealkylation sites (N-methyl/N-ethyl adjacent to an activating group) is 1. The lowest BCUT2D eigenvalue weighted by molar-refractivity contribution is 0.105. The van der Waals surface area contributed by atoms with Crippen LogP contribution < -0.4 is 10.2 Å². The molecule has 1 aromatic heterocycles. The van der Waals surface area contributed by atoms with Gasteiger partial charge in [-0.3, -0.25) is 0 Å². The Bertz CT molecular complexity index is 413. The Morgan fingerprint density at radius 1 is 1.33 bits per heavy atom. The van der Waals surface area contributed by atoms with E-state index in [4.69, 9.17) is 4.74 Å². The molecule has 1 aliphatic rings. The van der Waals surface area contributed by atoms with Gasteiger partial charge in [-0.25, -0.2) is 9.97 Å². The average molecular weight is 294 g/mol.